The lowest BCUT2D eigenvalue weighted by Crippen LogP contribution is -2.50. The van der Waals surface area contributed by atoms with Crippen LogP contribution in [0.4, 0.5) is 23.0 Å². The number of imidazole rings is 1. The van der Waals surface area contributed by atoms with Gasteiger partial charge in [0, 0.05) is 30.3 Å². The second-order valence-corrected chi connectivity index (χ2v) is 11.5. The first kappa shape index (κ1) is 27.9. The maximum atomic E-state index is 12.8. The lowest BCUT2D eigenvalue weighted by Gasteiger charge is -2.47. The fourth-order valence-electron chi connectivity index (χ4n) is 5.60. The summed E-state index contributed by atoms with van der Waals surface area (Å²) in [4.78, 5) is 32.3. The van der Waals surface area contributed by atoms with E-state index >= 15 is 0 Å². The highest BCUT2D eigenvalue weighted by molar-refractivity contribution is 6.03. The Morgan fingerprint density at radius 3 is 2.52 bits per heavy atom. The summed E-state index contributed by atoms with van der Waals surface area (Å²) in [6.45, 7) is 8.71. The zero-order chi connectivity index (χ0) is 29.3. The standard InChI is InChI=1S/C30H37N9O3/c1-20-6-7-22(16-23(20)32-29(41)24-15-21(2)35-37(24)3)31-25-8-9-27-33-26(17-39(27)36-25)34-28(40)5-4-12-38-13-10-30(11-14-38)18-42-19-30/h6-9,15-17H,4-5,10-14,18-19H2,1-3H3,(H,31,36)(H,32,41)(H,34,40). The zero-order valence-electron chi connectivity index (χ0n) is 24.3. The fraction of sp³-hybridized carbons (Fsp3) is 0.433. The van der Waals surface area contributed by atoms with E-state index in [-0.39, 0.29) is 11.8 Å². The Morgan fingerprint density at radius 1 is 1.00 bits per heavy atom. The second kappa shape index (κ2) is 11.5. The van der Waals surface area contributed by atoms with E-state index in [4.69, 9.17) is 4.74 Å². The number of hydrogen-bond donors (Lipinski definition) is 3. The molecule has 12 heteroatoms. The predicted octanol–water partition coefficient (Wildman–Crippen LogP) is 3.91. The quantitative estimate of drug-likeness (QED) is 0.276. The zero-order valence-corrected chi connectivity index (χ0v) is 24.3. The van der Waals surface area contributed by atoms with Crippen LogP contribution in [0.2, 0.25) is 0 Å². The number of aromatic nitrogens is 5. The molecule has 2 aliphatic rings. The van der Waals surface area contributed by atoms with Gasteiger partial charge in [-0.1, -0.05) is 6.07 Å². The average Bonchev–Trinajstić information content (AvgIpc) is 3.50. The molecule has 0 aliphatic carbocycles. The number of hydrogen-bond acceptors (Lipinski definition) is 8. The molecule has 0 unspecified atom stereocenters. The third-order valence-corrected chi connectivity index (χ3v) is 8.19. The second-order valence-electron chi connectivity index (χ2n) is 11.5. The van der Waals surface area contributed by atoms with Crippen LogP contribution in [-0.4, -0.2) is 73.9 Å². The van der Waals surface area contributed by atoms with Crippen molar-refractivity contribution in [1.82, 2.24) is 29.3 Å². The molecule has 3 N–H and O–H groups in total. The number of carbonyl (C=O) groups excluding carboxylic acids is 2. The van der Waals surface area contributed by atoms with E-state index in [1.807, 2.05) is 44.2 Å². The highest BCUT2D eigenvalue weighted by Crippen LogP contribution is 2.38. The number of amides is 2. The number of piperidine rings is 1. The van der Waals surface area contributed by atoms with E-state index in [9.17, 15) is 9.59 Å². The molecule has 5 heterocycles. The number of carbonyl (C=O) groups is 2. The Hall–Kier alpha value is -4.29. The highest BCUT2D eigenvalue weighted by atomic mass is 16.5. The van der Waals surface area contributed by atoms with E-state index in [1.165, 1.54) is 12.8 Å². The number of nitrogens with one attached hydrogen (secondary N) is 3. The fourth-order valence-corrected chi connectivity index (χ4v) is 5.60. The largest absolute Gasteiger partial charge is 0.380 e. The van der Waals surface area contributed by atoms with Crippen LogP contribution in [-0.2, 0) is 16.6 Å². The normalized spacial score (nSPS) is 16.4. The van der Waals surface area contributed by atoms with Crippen molar-refractivity contribution >= 4 is 40.5 Å². The number of likely N-dealkylation sites (tertiary alicyclic amines) is 1. The van der Waals surface area contributed by atoms with Gasteiger partial charge >= 0.3 is 0 Å². The Balaban J connectivity index is 1.03. The van der Waals surface area contributed by atoms with E-state index in [0.717, 1.165) is 56.2 Å². The van der Waals surface area contributed by atoms with Crippen molar-refractivity contribution in [2.45, 2.75) is 39.5 Å². The van der Waals surface area contributed by atoms with Gasteiger partial charge in [0.15, 0.2) is 17.3 Å². The van der Waals surface area contributed by atoms with Crippen molar-refractivity contribution in [3.8, 4) is 0 Å². The molecule has 4 aromatic rings. The number of nitrogens with zero attached hydrogens (tertiary/aromatic N) is 6. The molecule has 0 saturated carbocycles. The Kier molecular flexibility index (Phi) is 7.65. The van der Waals surface area contributed by atoms with Gasteiger partial charge in [0.25, 0.3) is 5.91 Å². The van der Waals surface area contributed by atoms with Crippen molar-refractivity contribution in [3.05, 3.63) is 59.5 Å². The number of fused-ring (bicyclic) bond motifs is 1. The number of rotatable bonds is 9. The van der Waals surface area contributed by atoms with Crippen LogP contribution in [0.5, 0.6) is 0 Å². The van der Waals surface area contributed by atoms with Gasteiger partial charge in [-0.05, 0) is 88.6 Å². The summed E-state index contributed by atoms with van der Waals surface area (Å²) < 4.78 is 8.61. The molecule has 0 bridgehead atoms. The van der Waals surface area contributed by atoms with Gasteiger partial charge in [0.1, 0.15) is 5.69 Å². The maximum Gasteiger partial charge on any atom is 0.273 e. The molecule has 2 amide bonds. The van der Waals surface area contributed by atoms with Crippen LogP contribution in [0.15, 0.2) is 42.6 Å². The van der Waals surface area contributed by atoms with Crippen LogP contribution in [0.3, 0.4) is 0 Å². The Bertz CT molecular complexity index is 1610. The molecule has 0 radical (unpaired) electrons. The molecule has 2 saturated heterocycles. The monoisotopic (exact) mass is 571 g/mol. The minimum Gasteiger partial charge on any atom is -0.380 e. The third-order valence-electron chi connectivity index (χ3n) is 8.19. The van der Waals surface area contributed by atoms with E-state index in [0.29, 0.717) is 40.5 Å². The third kappa shape index (κ3) is 6.14. The first-order valence-corrected chi connectivity index (χ1v) is 14.4. The molecule has 220 valence electrons. The summed E-state index contributed by atoms with van der Waals surface area (Å²) in [6.07, 6.45) is 5.36. The lowest BCUT2D eigenvalue weighted by molar-refractivity contribution is -0.139. The highest BCUT2D eigenvalue weighted by Gasteiger charge is 2.40. The van der Waals surface area contributed by atoms with Gasteiger partial charge in [-0.3, -0.25) is 14.3 Å². The van der Waals surface area contributed by atoms with Gasteiger partial charge in [-0.2, -0.15) is 5.10 Å². The van der Waals surface area contributed by atoms with E-state index in [1.54, 1.807) is 28.5 Å². The van der Waals surface area contributed by atoms with Crippen LogP contribution in [0.1, 0.15) is 47.4 Å². The number of benzene rings is 1. The summed E-state index contributed by atoms with van der Waals surface area (Å²) in [5.74, 6) is 0.793. The van der Waals surface area contributed by atoms with Gasteiger partial charge in [-0.15, -0.1) is 5.10 Å². The molecule has 12 nitrogen and oxygen atoms in total. The molecule has 6 rings (SSSR count). The van der Waals surface area contributed by atoms with Gasteiger partial charge < -0.3 is 25.6 Å². The molecule has 0 atom stereocenters. The molecular formula is C30H37N9O3. The van der Waals surface area contributed by atoms with Crippen molar-refractivity contribution < 1.29 is 14.3 Å². The summed E-state index contributed by atoms with van der Waals surface area (Å²) in [6, 6.07) is 11.1. The van der Waals surface area contributed by atoms with Crippen molar-refractivity contribution in [3.63, 3.8) is 0 Å². The minimum atomic E-state index is -0.227. The lowest BCUT2D eigenvalue weighted by atomic mass is 9.77. The average molecular weight is 572 g/mol. The Labute approximate surface area is 244 Å². The molecule has 2 fully saturated rings. The summed E-state index contributed by atoms with van der Waals surface area (Å²) >= 11 is 0. The van der Waals surface area contributed by atoms with Crippen LogP contribution in [0.25, 0.3) is 5.65 Å². The van der Waals surface area contributed by atoms with E-state index in [2.05, 4.69) is 36.0 Å². The van der Waals surface area contributed by atoms with Gasteiger partial charge in [-0.25, -0.2) is 9.50 Å². The van der Waals surface area contributed by atoms with Crippen LogP contribution < -0.4 is 16.0 Å². The van der Waals surface area contributed by atoms with E-state index < -0.39 is 0 Å². The molecule has 2 aliphatic heterocycles. The first-order valence-electron chi connectivity index (χ1n) is 14.4. The minimum absolute atomic E-state index is 0.0480. The van der Waals surface area contributed by atoms with Crippen molar-refractivity contribution in [2.75, 3.05) is 48.8 Å². The van der Waals surface area contributed by atoms with Crippen LogP contribution in [0, 0.1) is 19.3 Å². The summed E-state index contributed by atoms with van der Waals surface area (Å²) in [7, 11) is 1.75. The van der Waals surface area contributed by atoms with Crippen molar-refractivity contribution in [2.24, 2.45) is 12.5 Å². The summed E-state index contributed by atoms with van der Waals surface area (Å²) in [5.41, 5.74) is 4.71. The Morgan fingerprint density at radius 2 is 1.81 bits per heavy atom. The molecule has 1 aromatic carbocycles. The predicted molar refractivity (Wildman–Crippen MR) is 160 cm³/mol. The molecule has 42 heavy (non-hydrogen) atoms. The van der Waals surface area contributed by atoms with Crippen LogP contribution >= 0.6 is 0 Å². The summed E-state index contributed by atoms with van der Waals surface area (Å²) in [5, 5.41) is 18.0. The SMILES string of the molecule is Cc1cc(C(=O)Nc2cc(Nc3ccc4nc(NC(=O)CCCN5CCC6(CC5)COC6)cn4n3)ccc2C)n(C)n1. The smallest absolute Gasteiger partial charge is 0.273 e. The first-order chi connectivity index (χ1) is 20.2. The molecule has 3 aromatic heterocycles. The van der Waals surface area contributed by atoms with Gasteiger partial charge in [0.05, 0.1) is 25.1 Å². The number of ether oxygens (including phenoxy) is 1. The van der Waals surface area contributed by atoms with Gasteiger partial charge in [0.2, 0.25) is 5.91 Å². The number of anilines is 4. The number of aryl methyl sites for hydroxylation is 3. The van der Waals surface area contributed by atoms with Crippen molar-refractivity contribution in [1.29, 1.82) is 0 Å². The topological polar surface area (TPSA) is 131 Å². The molecular weight excluding hydrogens is 534 g/mol. The maximum absolute atomic E-state index is 12.8. The molecule has 1 spiro atoms.